The quantitative estimate of drug-likeness (QED) is 0.650. The van der Waals surface area contributed by atoms with Crippen molar-refractivity contribution in [3.8, 4) is 0 Å². The van der Waals surface area contributed by atoms with Crippen molar-refractivity contribution in [3.05, 3.63) is 28.0 Å². The van der Waals surface area contributed by atoms with Crippen LogP contribution in [-0.2, 0) is 23.4 Å². The molecular weight excluding hydrogens is 456 g/mol. The first-order valence-electron chi connectivity index (χ1n) is 10.4. The summed E-state index contributed by atoms with van der Waals surface area (Å²) in [6.07, 6.45) is 9.78. The van der Waals surface area contributed by atoms with Crippen molar-refractivity contribution in [1.29, 1.82) is 0 Å². The molecule has 29 heavy (non-hydrogen) atoms. The molecule has 7 nitrogen and oxygen atoms in total. The molecule has 156 valence electrons. The lowest BCUT2D eigenvalue weighted by Crippen LogP contribution is -2.61. The summed E-state index contributed by atoms with van der Waals surface area (Å²) in [5.74, 6) is 1.41. The smallest absolute Gasteiger partial charge is 0.242 e. The largest absolute Gasteiger partial charge is 0.339 e. The number of carbonyl (C=O) groups is 1. The molecular formula is C20H26BrClN6O. The van der Waals surface area contributed by atoms with Crippen molar-refractivity contribution < 1.29 is 4.79 Å². The summed E-state index contributed by atoms with van der Waals surface area (Å²) in [6.45, 7) is 3.41. The van der Waals surface area contributed by atoms with Gasteiger partial charge in [0.15, 0.2) is 0 Å². The molecule has 1 amide bonds. The van der Waals surface area contributed by atoms with Crippen molar-refractivity contribution in [2.24, 2.45) is 17.3 Å². The summed E-state index contributed by atoms with van der Waals surface area (Å²) < 4.78 is 4.88. The molecule has 2 aromatic rings. The normalized spacial score (nSPS) is 32.7. The molecule has 4 saturated carbocycles. The average molecular weight is 482 g/mol. The van der Waals surface area contributed by atoms with Gasteiger partial charge in [-0.2, -0.15) is 5.10 Å². The van der Waals surface area contributed by atoms with Gasteiger partial charge in [0.1, 0.15) is 6.33 Å². The van der Waals surface area contributed by atoms with Crippen LogP contribution in [0.1, 0.15) is 51.1 Å². The van der Waals surface area contributed by atoms with Crippen LogP contribution in [0.2, 0.25) is 5.28 Å². The van der Waals surface area contributed by atoms with Crippen molar-refractivity contribution >= 4 is 33.4 Å². The van der Waals surface area contributed by atoms with E-state index in [-0.39, 0.29) is 22.1 Å². The second kappa shape index (κ2) is 6.80. The van der Waals surface area contributed by atoms with Crippen LogP contribution in [0.3, 0.4) is 0 Å². The topological polar surface area (TPSA) is 68.8 Å². The van der Waals surface area contributed by atoms with E-state index in [9.17, 15) is 4.79 Å². The van der Waals surface area contributed by atoms with Crippen LogP contribution in [0, 0.1) is 17.3 Å². The number of carbonyl (C=O) groups excluding carboxylic acids is 1. The van der Waals surface area contributed by atoms with E-state index in [2.05, 4.69) is 38.0 Å². The van der Waals surface area contributed by atoms with Crippen LogP contribution in [-0.4, -0.2) is 42.4 Å². The second-order valence-electron chi connectivity index (χ2n) is 9.34. The Bertz CT molecular complexity index is 941. The van der Waals surface area contributed by atoms with E-state index in [1.807, 2.05) is 27.5 Å². The van der Waals surface area contributed by atoms with Crippen molar-refractivity contribution in [2.75, 3.05) is 7.05 Å². The summed E-state index contributed by atoms with van der Waals surface area (Å²) in [6, 6.07) is 0. The Morgan fingerprint density at radius 1 is 1.34 bits per heavy atom. The van der Waals surface area contributed by atoms with E-state index in [4.69, 9.17) is 11.6 Å². The van der Waals surface area contributed by atoms with Gasteiger partial charge in [0.05, 0.1) is 33.9 Å². The zero-order valence-corrected chi connectivity index (χ0v) is 19.2. The number of amides is 1. The molecule has 2 heterocycles. The second-order valence-corrected chi connectivity index (χ2v) is 10.5. The van der Waals surface area contributed by atoms with Gasteiger partial charge < -0.3 is 4.90 Å². The van der Waals surface area contributed by atoms with Crippen molar-refractivity contribution in [1.82, 2.24) is 29.4 Å². The summed E-state index contributed by atoms with van der Waals surface area (Å²) in [5, 5.41) is 9.14. The van der Waals surface area contributed by atoms with Gasteiger partial charge in [0.2, 0.25) is 11.2 Å². The predicted molar refractivity (Wildman–Crippen MR) is 112 cm³/mol. The van der Waals surface area contributed by atoms with Gasteiger partial charge in [-0.3, -0.25) is 9.48 Å². The van der Waals surface area contributed by atoms with E-state index in [1.54, 1.807) is 6.33 Å². The number of aromatic nitrogens is 5. The predicted octanol–water partition coefficient (Wildman–Crippen LogP) is 3.86. The molecule has 6 rings (SSSR count). The number of hydrogen-bond donors (Lipinski definition) is 0. The summed E-state index contributed by atoms with van der Waals surface area (Å²) >= 11 is 9.63. The lowest BCUT2D eigenvalue weighted by atomic mass is 9.46. The van der Waals surface area contributed by atoms with Gasteiger partial charge in [0, 0.05) is 13.6 Å². The number of hydrogen-bond acceptors (Lipinski definition) is 4. The Morgan fingerprint density at radius 2 is 2.07 bits per heavy atom. The van der Waals surface area contributed by atoms with E-state index >= 15 is 0 Å². The molecule has 4 aliphatic carbocycles. The molecule has 0 saturated heterocycles. The van der Waals surface area contributed by atoms with Crippen LogP contribution in [0.25, 0.3) is 0 Å². The van der Waals surface area contributed by atoms with E-state index in [1.165, 1.54) is 6.42 Å². The maximum atomic E-state index is 13.8. The number of aryl methyl sites for hydroxylation is 1. The van der Waals surface area contributed by atoms with Crippen LogP contribution < -0.4 is 0 Å². The minimum absolute atomic E-state index is 0.119. The minimum atomic E-state index is -0.305. The molecule has 2 aromatic heterocycles. The lowest BCUT2D eigenvalue weighted by Gasteiger charge is -2.61. The van der Waals surface area contributed by atoms with Gasteiger partial charge >= 0.3 is 0 Å². The molecule has 9 heteroatoms. The molecule has 0 N–H and O–H groups in total. The highest BCUT2D eigenvalue weighted by Crippen LogP contribution is 2.64. The molecule has 4 fully saturated rings. The molecule has 2 atom stereocenters. The number of halogens is 2. The Kier molecular flexibility index (Phi) is 4.59. The van der Waals surface area contributed by atoms with Gasteiger partial charge in [-0.05, 0) is 84.8 Å². The Hall–Kier alpha value is -1.41. The average Bonchev–Trinajstić information content (AvgIpc) is 3.26. The first-order valence-corrected chi connectivity index (χ1v) is 11.5. The molecule has 4 aliphatic rings. The molecule has 4 bridgehead atoms. The van der Waals surface area contributed by atoms with E-state index in [0.29, 0.717) is 18.4 Å². The minimum Gasteiger partial charge on any atom is -0.339 e. The highest BCUT2D eigenvalue weighted by molar-refractivity contribution is 9.10. The summed E-state index contributed by atoms with van der Waals surface area (Å²) in [4.78, 5) is 19.9. The number of nitrogens with zero attached hydrogens (tertiary/aromatic N) is 6. The fourth-order valence-electron chi connectivity index (χ4n) is 6.72. The molecule has 0 aromatic carbocycles. The highest BCUT2D eigenvalue weighted by Gasteiger charge is 2.62. The Morgan fingerprint density at radius 3 is 2.69 bits per heavy atom. The van der Waals surface area contributed by atoms with Gasteiger partial charge in [0.25, 0.3) is 0 Å². The van der Waals surface area contributed by atoms with Crippen LogP contribution >= 0.6 is 27.5 Å². The van der Waals surface area contributed by atoms with Gasteiger partial charge in [-0.1, -0.05) is 0 Å². The van der Waals surface area contributed by atoms with Gasteiger partial charge in [-0.25, -0.2) is 9.67 Å². The monoisotopic (exact) mass is 480 g/mol. The fourth-order valence-corrected chi connectivity index (χ4v) is 7.27. The first kappa shape index (κ1) is 19.5. The van der Waals surface area contributed by atoms with Gasteiger partial charge in [-0.15, -0.1) is 5.10 Å². The van der Waals surface area contributed by atoms with E-state index in [0.717, 1.165) is 48.8 Å². The zero-order valence-electron chi connectivity index (χ0n) is 16.8. The van der Waals surface area contributed by atoms with Crippen LogP contribution in [0.5, 0.6) is 0 Å². The third-order valence-corrected chi connectivity index (χ3v) is 8.20. The first-order chi connectivity index (χ1) is 13.8. The highest BCUT2D eigenvalue weighted by atomic mass is 79.9. The SMILES string of the molecule is CCn1ncc(Br)c1CN(C)C(=O)C12CC3CC(C1)CC(n1cnc(Cl)n1)(C3)C2. The third kappa shape index (κ3) is 3.05. The molecule has 0 spiro atoms. The van der Waals surface area contributed by atoms with Crippen LogP contribution in [0.4, 0.5) is 0 Å². The summed E-state index contributed by atoms with van der Waals surface area (Å²) in [7, 11) is 1.93. The van der Waals surface area contributed by atoms with Crippen LogP contribution in [0.15, 0.2) is 17.0 Å². The number of rotatable bonds is 5. The maximum Gasteiger partial charge on any atom is 0.242 e. The third-order valence-electron chi connectivity index (χ3n) is 7.36. The van der Waals surface area contributed by atoms with Crippen molar-refractivity contribution in [2.45, 2.75) is 64.1 Å². The molecule has 2 unspecified atom stereocenters. The lowest BCUT2D eigenvalue weighted by molar-refractivity contribution is -0.166. The Labute approximate surface area is 183 Å². The summed E-state index contributed by atoms with van der Waals surface area (Å²) in [5.41, 5.74) is 0.624. The Balaban J connectivity index is 1.44. The standard InChI is InChI=1S/C20H26BrClN6O/c1-3-27-16(15(21)9-24-27)10-26(2)17(29)19-5-13-4-14(6-19)8-20(7-13,11-19)28-12-23-18(22)25-28/h9,12-14H,3-8,10-11H2,1-2H3. The maximum absolute atomic E-state index is 13.8. The molecule has 0 aliphatic heterocycles. The molecule has 0 radical (unpaired) electrons. The fraction of sp³-hybridized carbons (Fsp3) is 0.700. The van der Waals surface area contributed by atoms with E-state index < -0.39 is 0 Å². The zero-order chi connectivity index (χ0) is 20.4. The van der Waals surface area contributed by atoms with Crippen molar-refractivity contribution in [3.63, 3.8) is 0 Å².